The van der Waals surface area contributed by atoms with Crippen LogP contribution in [0.15, 0.2) is 18.2 Å². The molecule has 4 nitrogen and oxygen atoms in total. The van der Waals surface area contributed by atoms with Gasteiger partial charge in [-0.1, -0.05) is 18.5 Å². The Hall–Kier alpha value is -1.32. The second-order valence-electron chi connectivity index (χ2n) is 3.30. The molecule has 0 saturated carbocycles. The number of hydrogen-bond donors (Lipinski definition) is 1. The van der Waals surface area contributed by atoms with Gasteiger partial charge < -0.3 is 0 Å². The highest BCUT2D eigenvalue weighted by atomic mass is 35.5. The molecule has 0 bridgehead atoms. The average Bonchev–Trinajstić information content (AvgIpc) is 2.24. The number of hydrogen-bond acceptors (Lipinski definition) is 3. The molecule has 1 rings (SSSR count). The van der Waals surface area contributed by atoms with Crippen molar-refractivity contribution < 1.29 is 12.8 Å². The van der Waals surface area contributed by atoms with E-state index in [4.69, 9.17) is 16.9 Å². The van der Waals surface area contributed by atoms with Crippen LogP contribution in [0.2, 0.25) is 5.02 Å². The third-order valence-electron chi connectivity index (χ3n) is 2.07. The predicted molar refractivity (Wildman–Crippen MR) is 63.6 cm³/mol. The predicted octanol–water partition coefficient (Wildman–Crippen LogP) is 2.52. The molecule has 0 amide bonds. The lowest BCUT2D eigenvalue weighted by atomic mass is 10.3. The van der Waals surface area contributed by atoms with Crippen LogP contribution in [0.3, 0.4) is 0 Å². The molecule has 0 heterocycles. The van der Waals surface area contributed by atoms with Crippen LogP contribution >= 0.6 is 11.6 Å². The highest BCUT2D eigenvalue weighted by Gasteiger charge is 2.23. The summed E-state index contributed by atoms with van der Waals surface area (Å²) in [5, 5.41) is 7.35. The molecule has 92 valence electrons. The van der Waals surface area contributed by atoms with Crippen LogP contribution in [0.5, 0.6) is 0 Å². The van der Waals surface area contributed by atoms with Crippen LogP contribution in [0, 0.1) is 17.1 Å². The smallest absolute Gasteiger partial charge is 0.249 e. The number of nitriles is 1. The number of benzene rings is 1. The number of nitrogens with one attached hydrogen (secondary N) is 1. The van der Waals surface area contributed by atoms with Crippen molar-refractivity contribution >= 4 is 27.3 Å². The van der Waals surface area contributed by atoms with Gasteiger partial charge in [0.2, 0.25) is 10.0 Å². The fourth-order valence-corrected chi connectivity index (χ4v) is 2.53. The number of nitrogens with zero attached hydrogens (tertiary/aromatic N) is 1. The monoisotopic (exact) mass is 276 g/mol. The molecule has 0 fully saturated rings. The molecule has 1 atom stereocenters. The standard InChI is InChI=1S/C10H10ClFN2O2S/c1-2-8(6-13)17(15,16)14-7-3-4-10(12)9(11)5-7/h3-5,8,14H,2H2,1H3. The van der Waals surface area contributed by atoms with Crippen LogP contribution in [-0.4, -0.2) is 13.7 Å². The minimum Gasteiger partial charge on any atom is -0.282 e. The van der Waals surface area contributed by atoms with Gasteiger partial charge in [-0.3, -0.25) is 4.72 Å². The summed E-state index contributed by atoms with van der Waals surface area (Å²) in [5.74, 6) is -0.637. The Morgan fingerprint density at radius 3 is 2.71 bits per heavy atom. The average molecular weight is 277 g/mol. The van der Waals surface area contributed by atoms with Crippen LogP contribution in [0.1, 0.15) is 13.3 Å². The summed E-state index contributed by atoms with van der Waals surface area (Å²) in [7, 11) is -3.80. The first kappa shape index (κ1) is 13.7. The van der Waals surface area contributed by atoms with Gasteiger partial charge in [-0.2, -0.15) is 5.26 Å². The SMILES string of the molecule is CCC(C#N)S(=O)(=O)Nc1ccc(F)c(Cl)c1. The van der Waals surface area contributed by atoms with E-state index in [1.807, 2.05) is 0 Å². The molecular formula is C10H10ClFN2O2S. The Kier molecular flexibility index (Phi) is 4.32. The van der Waals surface area contributed by atoms with Gasteiger partial charge in [0.1, 0.15) is 5.82 Å². The summed E-state index contributed by atoms with van der Waals surface area (Å²) < 4.78 is 38.4. The first-order valence-corrected chi connectivity index (χ1v) is 6.69. The molecule has 0 aliphatic carbocycles. The Labute approximate surface area is 104 Å². The normalized spacial score (nSPS) is 12.8. The molecule has 1 aromatic carbocycles. The van der Waals surface area contributed by atoms with E-state index in [9.17, 15) is 12.8 Å². The Bertz CT molecular complexity index is 554. The largest absolute Gasteiger partial charge is 0.282 e. The molecule has 0 radical (unpaired) electrons. The maximum atomic E-state index is 12.9. The van der Waals surface area contributed by atoms with Crippen molar-refractivity contribution in [2.75, 3.05) is 4.72 Å². The molecule has 1 N–H and O–H groups in total. The summed E-state index contributed by atoms with van der Waals surface area (Å²) in [5.41, 5.74) is 0.130. The molecule has 0 aliphatic rings. The highest BCUT2D eigenvalue weighted by molar-refractivity contribution is 7.93. The van der Waals surface area contributed by atoms with Gasteiger partial charge >= 0.3 is 0 Å². The number of anilines is 1. The lowest BCUT2D eigenvalue weighted by Gasteiger charge is -2.11. The quantitative estimate of drug-likeness (QED) is 0.919. The number of rotatable bonds is 4. The zero-order valence-corrected chi connectivity index (χ0v) is 10.5. The Morgan fingerprint density at radius 2 is 2.24 bits per heavy atom. The van der Waals surface area contributed by atoms with Crippen molar-refractivity contribution in [3.8, 4) is 6.07 Å². The maximum Gasteiger partial charge on any atom is 0.249 e. The summed E-state index contributed by atoms with van der Waals surface area (Å²) in [4.78, 5) is 0. The summed E-state index contributed by atoms with van der Waals surface area (Å²) in [6.07, 6.45) is 0.167. The highest BCUT2D eigenvalue weighted by Crippen LogP contribution is 2.21. The Balaban J connectivity index is 2.99. The van der Waals surface area contributed by atoms with Crippen molar-refractivity contribution in [3.05, 3.63) is 29.0 Å². The minimum absolute atomic E-state index is 0.130. The number of halogens is 2. The molecule has 17 heavy (non-hydrogen) atoms. The van der Waals surface area contributed by atoms with Crippen LogP contribution in [-0.2, 0) is 10.0 Å². The topological polar surface area (TPSA) is 70.0 Å². The lowest BCUT2D eigenvalue weighted by molar-refractivity contribution is 0.592. The van der Waals surface area contributed by atoms with Gasteiger partial charge in [0.15, 0.2) is 5.25 Å². The van der Waals surface area contributed by atoms with Gasteiger partial charge in [-0.05, 0) is 24.6 Å². The fourth-order valence-electron chi connectivity index (χ4n) is 1.18. The van der Waals surface area contributed by atoms with E-state index in [1.165, 1.54) is 6.07 Å². The van der Waals surface area contributed by atoms with Crippen LogP contribution in [0.4, 0.5) is 10.1 Å². The van der Waals surface area contributed by atoms with Gasteiger partial charge in [-0.15, -0.1) is 0 Å². The zero-order chi connectivity index (χ0) is 13.1. The summed E-state index contributed by atoms with van der Waals surface area (Å²) >= 11 is 5.52. The van der Waals surface area contributed by atoms with Crippen molar-refractivity contribution in [1.29, 1.82) is 5.26 Å². The van der Waals surface area contributed by atoms with E-state index in [1.54, 1.807) is 13.0 Å². The Morgan fingerprint density at radius 1 is 1.59 bits per heavy atom. The van der Waals surface area contributed by atoms with Crippen LogP contribution < -0.4 is 4.72 Å². The molecule has 7 heteroatoms. The molecule has 1 unspecified atom stereocenters. The van der Waals surface area contributed by atoms with E-state index >= 15 is 0 Å². The van der Waals surface area contributed by atoms with Crippen molar-refractivity contribution in [2.45, 2.75) is 18.6 Å². The summed E-state index contributed by atoms with van der Waals surface area (Å²) in [6, 6.07) is 5.12. The molecule has 1 aromatic rings. The zero-order valence-electron chi connectivity index (χ0n) is 8.94. The first-order chi connectivity index (χ1) is 7.90. The van der Waals surface area contributed by atoms with Gasteiger partial charge in [0.05, 0.1) is 16.8 Å². The van der Waals surface area contributed by atoms with E-state index < -0.39 is 21.1 Å². The van der Waals surface area contributed by atoms with Gasteiger partial charge in [0.25, 0.3) is 0 Å². The van der Waals surface area contributed by atoms with Gasteiger partial charge in [0, 0.05) is 0 Å². The third kappa shape index (κ3) is 3.32. The van der Waals surface area contributed by atoms with E-state index in [0.29, 0.717) is 0 Å². The first-order valence-electron chi connectivity index (χ1n) is 4.77. The minimum atomic E-state index is -3.80. The molecule has 0 aliphatic heterocycles. The fraction of sp³-hybridized carbons (Fsp3) is 0.300. The van der Waals surface area contributed by atoms with Crippen molar-refractivity contribution in [2.24, 2.45) is 0 Å². The maximum absolute atomic E-state index is 12.9. The van der Waals surface area contributed by atoms with Crippen molar-refractivity contribution in [1.82, 2.24) is 0 Å². The molecule has 0 saturated heterocycles. The van der Waals surface area contributed by atoms with Crippen LogP contribution in [0.25, 0.3) is 0 Å². The lowest BCUT2D eigenvalue weighted by Crippen LogP contribution is -2.25. The summed E-state index contributed by atoms with van der Waals surface area (Å²) in [6.45, 7) is 1.59. The molecule has 0 spiro atoms. The number of sulfonamides is 1. The van der Waals surface area contributed by atoms with E-state index in [2.05, 4.69) is 4.72 Å². The van der Waals surface area contributed by atoms with Crippen molar-refractivity contribution in [3.63, 3.8) is 0 Å². The molecule has 0 aromatic heterocycles. The second-order valence-corrected chi connectivity index (χ2v) is 5.57. The molecular weight excluding hydrogens is 267 g/mol. The van der Waals surface area contributed by atoms with Gasteiger partial charge in [-0.25, -0.2) is 12.8 Å². The third-order valence-corrected chi connectivity index (χ3v) is 4.07. The van der Waals surface area contributed by atoms with E-state index in [0.717, 1.165) is 12.1 Å². The second kappa shape index (κ2) is 5.34. The van der Waals surface area contributed by atoms with E-state index in [-0.39, 0.29) is 17.1 Å².